The molecule has 0 atom stereocenters. The number of amides is 1. The first-order valence-corrected chi connectivity index (χ1v) is 7.36. The van der Waals surface area contributed by atoms with Crippen LogP contribution in [0.4, 0.5) is 0 Å². The van der Waals surface area contributed by atoms with Gasteiger partial charge in [0, 0.05) is 31.2 Å². The summed E-state index contributed by atoms with van der Waals surface area (Å²) >= 11 is 1.69. The molecule has 0 bridgehead atoms. The molecule has 1 aliphatic rings. The van der Waals surface area contributed by atoms with Gasteiger partial charge in [0.1, 0.15) is 0 Å². The van der Waals surface area contributed by atoms with Crippen molar-refractivity contribution in [1.82, 2.24) is 10.3 Å². The molecule has 0 radical (unpaired) electrons. The van der Waals surface area contributed by atoms with Gasteiger partial charge in [0.2, 0.25) is 5.91 Å². The Hall–Kier alpha value is -0.980. The minimum Gasteiger partial charge on any atom is -0.381 e. The van der Waals surface area contributed by atoms with Crippen molar-refractivity contribution in [3.63, 3.8) is 0 Å². The van der Waals surface area contributed by atoms with Crippen LogP contribution in [0, 0.1) is 19.3 Å². The molecule has 1 fully saturated rings. The second-order valence-electron chi connectivity index (χ2n) is 5.10. The Morgan fingerprint density at radius 3 is 2.68 bits per heavy atom. The number of thiazole rings is 1. The fourth-order valence-corrected chi connectivity index (χ4v) is 3.33. The van der Waals surface area contributed by atoms with E-state index in [4.69, 9.17) is 10.5 Å². The number of primary amides is 1. The maximum atomic E-state index is 11.7. The van der Waals surface area contributed by atoms with E-state index in [1.54, 1.807) is 11.3 Å². The first-order valence-electron chi connectivity index (χ1n) is 6.55. The van der Waals surface area contributed by atoms with Gasteiger partial charge in [0.25, 0.3) is 0 Å². The number of carbonyl (C=O) groups excluding carboxylic acids is 1. The van der Waals surface area contributed by atoms with E-state index in [2.05, 4.69) is 10.3 Å². The van der Waals surface area contributed by atoms with E-state index in [9.17, 15) is 4.79 Å². The highest BCUT2D eigenvalue weighted by atomic mass is 32.1. The van der Waals surface area contributed by atoms with Crippen LogP contribution in [0.5, 0.6) is 0 Å². The molecule has 1 aromatic rings. The van der Waals surface area contributed by atoms with E-state index in [0.717, 1.165) is 17.2 Å². The molecule has 0 unspecified atom stereocenters. The average Bonchev–Trinajstić information content (AvgIpc) is 2.69. The number of hydrogen-bond donors (Lipinski definition) is 2. The highest BCUT2D eigenvalue weighted by Gasteiger charge is 2.37. The van der Waals surface area contributed by atoms with Crippen molar-refractivity contribution in [1.29, 1.82) is 0 Å². The lowest BCUT2D eigenvalue weighted by molar-refractivity contribution is -0.132. The number of rotatable bonds is 5. The van der Waals surface area contributed by atoms with Gasteiger partial charge in [0.05, 0.1) is 16.1 Å². The molecule has 5 nitrogen and oxygen atoms in total. The summed E-state index contributed by atoms with van der Waals surface area (Å²) < 4.78 is 5.32. The number of nitrogens with two attached hydrogens (primary N) is 1. The van der Waals surface area contributed by atoms with Gasteiger partial charge in [0.15, 0.2) is 0 Å². The molecule has 2 heterocycles. The third-order valence-corrected chi connectivity index (χ3v) is 4.79. The Bertz CT molecular complexity index is 453. The van der Waals surface area contributed by atoms with Crippen molar-refractivity contribution >= 4 is 17.2 Å². The van der Waals surface area contributed by atoms with Crippen LogP contribution in [0.25, 0.3) is 0 Å². The number of hydrogen-bond acceptors (Lipinski definition) is 5. The van der Waals surface area contributed by atoms with E-state index in [0.29, 0.717) is 32.6 Å². The van der Waals surface area contributed by atoms with Crippen LogP contribution in [0.1, 0.15) is 28.4 Å². The normalized spacial score (nSPS) is 18.4. The van der Waals surface area contributed by atoms with Gasteiger partial charge in [-0.3, -0.25) is 4.79 Å². The van der Waals surface area contributed by atoms with Crippen LogP contribution in [-0.2, 0) is 16.1 Å². The van der Waals surface area contributed by atoms with Crippen molar-refractivity contribution in [2.75, 3.05) is 19.8 Å². The summed E-state index contributed by atoms with van der Waals surface area (Å²) in [7, 11) is 0. The van der Waals surface area contributed by atoms with Crippen LogP contribution in [0.3, 0.4) is 0 Å². The van der Waals surface area contributed by atoms with Crippen LogP contribution in [-0.4, -0.2) is 30.6 Å². The van der Waals surface area contributed by atoms with Crippen LogP contribution in [0.15, 0.2) is 0 Å². The molecule has 0 aliphatic carbocycles. The molecule has 19 heavy (non-hydrogen) atoms. The second kappa shape index (κ2) is 5.98. The maximum Gasteiger partial charge on any atom is 0.225 e. The zero-order valence-corrected chi connectivity index (χ0v) is 12.3. The van der Waals surface area contributed by atoms with Gasteiger partial charge in [-0.25, -0.2) is 4.98 Å². The van der Waals surface area contributed by atoms with E-state index in [1.165, 1.54) is 4.88 Å². The zero-order chi connectivity index (χ0) is 13.9. The number of nitrogens with one attached hydrogen (secondary N) is 1. The van der Waals surface area contributed by atoms with Gasteiger partial charge in [-0.1, -0.05) is 0 Å². The highest BCUT2D eigenvalue weighted by molar-refractivity contribution is 7.11. The Kier molecular flexibility index (Phi) is 4.54. The molecule has 106 valence electrons. The lowest BCUT2D eigenvalue weighted by atomic mass is 9.79. The van der Waals surface area contributed by atoms with E-state index in [1.807, 2.05) is 13.8 Å². The molecule has 0 spiro atoms. The lowest BCUT2D eigenvalue weighted by Crippen LogP contribution is -2.48. The topological polar surface area (TPSA) is 77.2 Å². The van der Waals surface area contributed by atoms with Gasteiger partial charge in [-0.2, -0.15) is 0 Å². The smallest absolute Gasteiger partial charge is 0.225 e. The summed E-state index contributed by atoms with van der Waals surface area (Å²) in [6.45, 7) is 6.60. The lowest BCUT2D eigenvalue weighted by Gasteiger charge is -2.34. The zero-order valence-electron chi connectivity index (χ0n) is 11.5. The average molecular weight is 283 g/mol. The summed E-state index contributed by atoms with van der Waals surface area (Å²) in [5.74, 6) is -0.222. The molecule has 0 aromatic carbocycles. The molecule has 2 rings (SSSR count). The maximum absolute atomic E-state index is 11.7. The summed E-state index contributed by atoms with van der Waals surface area (Å²) in [5.41, 5.74) is 6.18. The highest BCUT2D eigenvalue weighted by Crippen LogP contribution is 2.29. The van der Waals surface area contributed by atoms with Crippen molar-refractivity contribution in [3.05, 3.63) is 15.6 Å². The fraction of sp³-hybridized carbons (Fsp3) is 0.692. The molecule has 1 amide bonds. The van der Waals surface area contributed by atoms with Gasteiger partial charge in [-0.05, 0) is 26.7 Å². The minimum absolute atomic E-state index is 0.222. The quantitative estimate of drug-likeness (QED) is 0.849. The van der Waals surface area contributed by atoms with Crippen molar-refractivity contribution < 1.29 is 9.53 Å². The van der Waals surface area contributed by atoms with Crippen molar-refractivity contribution in [2.45, 2.75) is 33.2 Å². The molecule has 1 aromatic heterocycles. The van der Waals surface area contributed by atoms with Gasteiger partial charge >= 0.3 is 0 Å². The third-order valence-electron chi connectivity index (χ3n) is 3.72. The summed E-state index contributed by atoms with van der Waals surface area (Å²) in [5, 5.41) is 4.44. The van der Waals surface area contributed by atoms with Gasteiger partial charge < -0.3 is 15.8 Å². The standard InChI is InChI=1S/C13H21N3O2S/c1-9-11(19-10(2)16-9)7-15-8-13(12(14)17)3-5-18-6-4-13/h15H,3-8H2,1-2H3,(H2,14,17). The number of nitrogens with zero attached hydrogens (tertiary/aromatic N) is 1. The molecule has 3 N–H and O–H groups in total. The Morgan fingerprint density at radius 1 is 1.47 bits per heavy atom. The van der Waals surface area contributed by atoms with Crippen LogP contribution in [0.2, 0.25) is 0 Å². The third kappa shape index (κ3) is 3.32. The van der Waals surface area contributed by atoms with Gasteiger partial charge in [-0.15, -0.1) is 11.3 Å². The SMILES string of the molecule is Cc1nc(C)c(CNCC2(C(N)=O)CCOCC2)s1. The molecule has 6 heteroatoms. The summed E-state index contributed by atoms with van der Waals surface area (Å²) in [6.07, 6.45) is 1.41. The van der Waals surface area contributed by atoms with E-state index in [-0.39, 0.29) is 5.91 Å². The molecular formula is C13H21N3O2S. The Morgan fingerprint density at radius 2 is 2.16 bits per heavy atom. The van der Waals surface area contributed by atoms with E-state index < -0.39 is 5.41 Å². The Labute approximate surface area is 117 Å². The van der Waals surface area contributed by atoms with Crippen molar-refractivity contribution in [2.24, 2.45) is 11.1 Å². The fourth-order valence-electron chi connectivity index (χ4n) is 2.43. The number of aromatic nitrogens is 1. The number of carbonyl (C=O) groups is 1. The minimum atomic E-state index is -0.452. The van der Waals surface area contributed by atoms with Crippen LogP contribution < -0.4 is 11.1 Å². The van der Waals surface area contributed by atoms with Crippen molar-refractivity contribution in [3.8, 4) is 0 Å². The predicted octanol–water partition coefficient (Wildman–Crippen LogP) is 1.13. The van der Waals surface area contributed by atoms with Crippen LogP contribution >= 0.6 is 11.3 Å². The molecule has 1 saturated heterocycles. The molecule has 1 aliphatic heterocycles. The largest absolute Gasteiger partial charge is 0.381 e. The first kappa shape index (κ1) is 14.4. The Balaban J connectivity index is 1.92. The summed E-state index contributed by atoms with van der Waals surface area (Å²) in [4.78, 5) is 17.3. The number of ether oxygens (including phenoxy) is 1. The summed E-state index contributed by atoms with van der Waals surface area (Å²) in [6, 6.07) is 0. The van der Waals surface area contributed by atoms with E-state index >= 15 is 0 Å². The monoisotopic (exact) mass is 283 g/mol. The predicted molar refractivity (Wildman–Crippen MR) is 75.0 cm³/mol. The molecule has 0 saturated carbocycles. The second-order valence-corrected chi connectivity index (χ2v) is 6.39. The first-order chi connectivity index (χ1) is 9.03. The number of aryl methyl sites for hydroxylation is 2. The molecular weight excluding hydrogens is 262 g/mol.